The van der Waals surface area contributed by atoms with Crippen molar-refractivity contribution in [3.8, 4) is 5.75 Å². The van der Waals surface area contributed by atoms with Crippen molar-refractivity contribution in [2.75, 3.05) is 12.0 Å². The van der Waals surface area contributed by atoms with Gasteiger partial charge in [0.1, 0.15) is 15.6 Å². The minimum atomic E-state index is -3.06. The highest BCUT2D eigenvalue weighted by Gasteiger charge is 2.23. The molecule has 1 atom stereocenters. The molecule has 5 heteroatoms. The van der Waals surface area contributed by atoms with Crippen molar-refractivity contribution in [2.45, 2.75) is 25.0 Å². The highest BCUT2D eigenvalue weighted by molar-refractivity contribution is 7.90. The molecular formula is C12H17NO3S. The Morgan fingerprint density at radius 1 is 1.47 bits per heavy atom. The van der Waals surface area contributed by atoms with E-state index < -0.39 is 15.9 Å². The third-order valence-corrected chi connectivity index (χ3v) is 3.56. The zero-order valence-corrected chi connectivity index (χ0v) is 10.6. The molecule has 1 fully saturated rings. The first-order valence-corrected chi connectivity index (χ1v) is 7.70. The fourth-order valence-electron chi connectivity index (χ4n) is 1.62. The van der Waals surface area contributed by atoms with Crippen molar-refractivity contribution < 1.29 is 13.2 Å². The summed E-state index contributed by atoms with van der Waals surface area (Å²) in [5.74, 6) is 0.730. The van der Waals surface area contributed by atoms with Crippen LogP contribution in [0.5, 0.6) is 5.75 Å². The predicted octanol–water partition coefficient (Wildman–Crippen LogP) is 1.27. The third kappa shape index (κ3) is 4.02. The molecule has 1 aliphatic carbocycles. The van der Waals surface area contributed by atoms with Crippen LogP contribution in [-0.4, -0.2) is 26.5 Å². The average Bonchev–Trinajstić information content (AvgIpc) is 2.99. The van der Waals surface area contributed by atoms with Crippen LogP contribution in [0.25, 0.3) is 0 Å². The molecule has 94 valence electrons. The largest absolute Gasteiger partial charge is 0.490 e. The van der Waals surface area contributed by atoms with E-state index in [0.717, 1.165) is 24.2 Å². The molecule has 0 radical (unpaired) electrons. The van der Waals surface area contributed by atoms with Gasteiger partial charge in [-0.2, -0.15) is 0 Å². The molecule has 2 rings (SSSR count). The van der Waals surface area contributed by atoms with E-state index in [4.69, 9.17) is 10.5 Å². The van der Waals surface area contributed by atoms with Gasteiger partial charge < -0.3 is 10.5 Å². The van der Waals surface area contributed by atoms with Gasteiger partial charge in [-0.1, -0.05) is 12.1 Å². The second kappa shape index (κ2) is 4.66. The van der Waals surface area contributed by atoms with Gasteiger partial charge in [-0.3, -0.25) is 0 Å². The van der Waals surface area contributed by atoms with E-state index in [-0.39, 0.29) is 5.75 Å². The summed E-state index contributed by atoms with van der Waals surface area (Å²) in [4.78, 5) is 0. The molecule has 0 aromatic heterocycles. The highest BCUT2D eigenvalue weighted by Crippen LogP contribution is 2.28. The van der Waals surface area contributed by atoms with E-state index in [2.05, 4.69) is 0 Å². The van der Waals surface area contributed by atoms with E-state index in [9.17, 15) is 8.42 Å². The van der Waals surface area contributed by atoms with Gasteiger partial charge in [0.25, 0.3) is 0 Å². The smallest absolute Gasteiger partial charge is 0.149 e. The summed E-state index contributed by atoms with van der Waals surface area (Å²) in [6, 6.07) is 6.88. The lowest BCUT2D eigenvalue weighted by molar-refractivity contribution is 0.303. The van der Waals surface area contributed by atoms with E-state index in [1.54, 1.807) is 0 Å². The van der Waals surface area contributed by atoms with Crippen molar-refractivity contribution in [1.29, 1.82) is 0 Å². The zero-order valence-electron chi connectivity index (χ0n) is 9.80. The van der Waals surface area contributed by atoms with Gasteiger partial charge >= 0.3 is 0 Å². The zero-order chi connectivity index (χ0) is 12.5. The molecule has 1 aromatic rings. The van der Waals surface area contributed by atoms with Gasteiger partial charge in [-0.05, 0) is 30.5 Å². The molecule has 1 aliphatic rings. The van der Waals surface area contributed by atoms with Crippen LogP contribution in [0.15, 0.2) is 24.3 Å². The summed E-state index contributed by atoms with van der Waals surface area (Å²) < 4.78 is 28.0. The third-order valence-electron chi connectivity index (χ3n) is 2.60. The van der Waals surface area contributed by atoms with E-state index in [1.165, 1.54) is 6.26 Å². The molecule has 0 spiro atoms. The first-order valence-electron chi connectivity index (χ1n) is 5.64. The molecule has 0 amide bonds. The van der Waals surface area contributed by atoms with Crippen LogP contribution >= 0.6 is 0 Å². The molecule has 1 aromatic carbocycles. The Balaban J connectivity index is 2.08. The maximum atomic E-state index is 11.2. The Hall–Kier alpha value is -1.07. The second-order valence-corrected chi connectivity index (χ2v) is 6.77. The average molecular weight is 255 g/mol. The SMILES string of the molecule is CS(=O)(=O)CC(N)c1cccc(OC2CC2)c1. The molecule has 0 saturated heterocycles. The van der Waals surface area contributed by atoms with Crippen LogP contribution < -0.4 is 10.5 Å². The molecule has 2 N–H and O–H groups in total. The summed E-state index contributed by atoms with van der Waals surface area (Å²) in [6.45, 7) is 0. The van der Waals surface area contributed by atoms with Crippen LogP contribution in [0.1, 0.15) is 24.4 Å². The fourth-order valence-corrected chi connectivity index (χ4v) is 2.46. The molecule has 17 heavy (non-hydrogen) atoms. The number of nitrogens with two attached hydrogens (primary N) is 1. The quantitative estimate of drug-likeness (QED) is 0.860. The highest BCUT2D eigenvalue weighted by atomic mass is 32.2. The van der Waals surface area contributed by atoms with Crippen molar-refractivity contribution >= 4 is 9.84 Å². The fraction of sp³-hybridized carbons (Fsp3) is 0.500. The molecular weight excluding hydrogens is 238 g/mol. The number of hydrogen-bond acceptors (Lipinski definition) is 4. The van der Waals surface area contributed by atoms with Crippen LogP contribution in [0, 0.1) is 0 Å². The maximum Gasteiger partial charge on any atom is 0.149 e. The lowest BCUT2D eigenvalue weighted by Gasteiger charge is -2.12. The van der Waals surface area contributed by atoms with E-state index in [1.807, 2.05) is 24.3 Å². The van der Waals surface area contributed by atoms with Crippen LogP contribution in [0.4, 0.5) is 0 Å². The second-order valence-electron chi connectivity index (χ2n) is 4.59. The van der Waals surface area contributed by atoms with Gasteiger partial charge in [0.05, 0.1) is 11.9 Å². The Kier molecular flexibility index (Phi) is 3.40. The van der Waals surface area contributed by atoms with Gasteiger partial charge in [-0.25, -0.2) is 8.42 Å². The number of benzene rings is 1. The Bertz CT molecular complexity index is 494. The summed E-state index contributed by atoms with van der Waals surface area (Å²) in [7, 11) is -3.06. The van der Waals surface area contributed by atoms with Crippen molar-refractivity contribution in [3.05, 3.63) is 29.8 Å². The maximum absolute atomic E-state index is 11.2. The van der Waals surface area contributed by atoms with Gasteiger partial charge in [-0.15, -0.1) is 0 Å². The molecule has 1 saturated carbocycles. The van der Waals surface area contributed by atoms with Crippen LogP contribution in [0.3, 0.4) is 0 Å². The molecule has 0 aliphatic heterocycles. The molecule has 4 nitrogen and oxygen atoms in total. The molecule has 0 heterocycles. The lowest BCUT2D eigenvalue weighted by atomic mass is 10.1. The minimum Gasteiger partial charge on any atom is -0.490 e. The van der Waals surface area contributed by atoms with Crippen molar-refractivity contribution in [1.82, 2.24) is 0 Å². The Morgan fingerprint density at radius 3 is 2.76 bits per heavy atom. The Morgan fingerprint density at radius 2 is 2.18 bits per heavy atom. The lowest BCUT2D eigenvalue weighted by Crippen LogP contribution is -2.20. The van der Waals surface area contributed by atoms with E-state index >= 15 is 0 Å². The predicted molar refractivity (Wildman–Crippen MR) is 66.7 cm³/mol. The standard InChI is InChI=1S/C12H17NO3S/c1-17(14,15)8-12(13)9-3-2-4-11(7-9)16-10-5-6-10/h2-4,7,10,12H,5-6,8,13H2,1H3. The first kappa shape index (κ1) is 12.4. The van der Waals surface area contributed by atoms with Crippen LogP contribution in [0.2, 0.25) is 0 Å². The summed E-state index contributed by atoms with van der Waals surface area (Å²) in [5.41, 5.74) is 6.66. The van der Waals surface area contributed by atoms with Gasteiger partial charge in [0.2, 0.25) is 0 Å². The van der Waals surface area contributed by atoms with Gasteiger partial charge in [0, 0.05) is 12.3 Å². The Labute approximate surface area is 102 Å². The number of rotatable bonds is 5. The van der Waals surface area contributed by atoms with Crippen LogP contribution in [-0.2, 0) is 9.84 Å². The van der Waals surface area contributed by atoms with Crippen molar-refractivity contribution in [2.24, 2.45) is 5.73 Å². The number of ether oxygens (including phenoxy) is 1. The topological polar surface area (TPSA) is 69.4 Å². The number of sulfone groups is 1. The summed E-state index contributed by atoms with van der Waals surface area (Å²) >= 11 is 0. The first-order chi connectivity index (χ1) is 7.94. The minimum absolute atomic E-state index is 0.0418. The molecule has 0 bridgehead atoms. The summed E-state index contributed by atoms with van der Waals surface area (Å²) in [5, 5.41) is 0. The molecule has 1 unspecified atom stereocenters. The normalized spacial score (nSPS) is 17.8. The van der Waals surface area contributed by atoms with Crippen molar-refractivity contribution in [3.63, 3.8) is 0 Å². The van der Waals surface area contributed by atoms with Gasteiger partial charge in [0.15, 0.2) is 0 Å². The summed E-state index contributed by atoms with van der Waals surface area (Å²) in [6.07, 6.45) is 3.72. The van der Waals surface area contributed by atoms with E-state index in [0.29, 0.717) is 6.10 Å². The number of hydrogen-bond donors (Lipinski definition) is 1. The monoisotopic (exact) mass is 255 g/mol.